The molecule has 0 aliphatic rings. The van der Waals surface area contributed by atoms with Crippen molar-refractivity contribution >= 4 is 17.3 Å². The van der Waals surface area contributed by atoms with Gasteiger partial charge < -0.3 is 9.84 Å². The number of thiophene rings is 1. The number of hydrogen-bond donors (Lipinski definition) is 1. The summed E-state index contributed by atoms with van der Waals surface area (Å²) in [6.07, 6.45) is 0.332. The Morgan fingerprint density at radius 3 is 3.00 bits per heavy atom. The van der Waals surface area contributed by atoms with Crippen LogP contribution < -0.4 is 4.74 Å². The van der Waals surface area contributed by atoms with Gasteiger partial charge in [-0.3, -0.25) is 4.39 Å². The molecule has 0 aliphatic heterocycles. The molecule has 3 nitrogen and oxygen atoms in total. The van der Waals surface area contributed by atoms with Crippen molar-refractivity contribution in [3.05, 3.63) is 16.3 Å². The highest BCUT2D eigenvalue weighted by Crippen LogP contribution is 2.21. The van der Waals surface area contributed by atoms with E-state index in [2.05, 4.69) is 0 Å². The first-order chi connectivity index (χ1) is 6.24. The summed E-state index contributed by atoms with van der Waals surface area (Å²) in [6.45, 7) is -0.137. The summed E-state index contributed by atoms with van der Waals surface area (Å²) < 4.78 is 16.7. The molecule has 0 saturated heterocycles. The Kier molecular flexibility index (Phi) is 3.70. The van der Waals surface area contributed by atoms with E-state index >= 15 is 0 Å². The molecule has 72 valence electrons. The lowest BCUT2D eigenvalue weighted by Crippen LogP contribution is -1.97. The van der Waals surface area contributed by atoms with E-state index in [1.54, 1.807) is 5.38 Å². The topological polar surface area (TPSA) is 46.5 Å². The van der Waals surface area contributed by atoms with E-state index in [0.29, 0.717) is 12.2 Å². The van der Waals surface area contributed by atoms with Gasteiger partial charge in [0.25, 0.3) is 0 Å². The van der Waals surface area contributed by atoms with Gasteiger partial charge in [-0.05, 0) is 0 Å². The molecule has 0 unspecified atom stereocenters. The number of hydrogen-bond acceptors (Lipinski definition) is 3. The van der Waals surface area contributed by atoms with Crippen LogP contribution in [0.1, 0.15) is 16.1 Å². The molecule has 0 aliphatic carbocycles. The Bertz CT molecular complexity index is 285. The molecule has 1 aromatic heterocycles. The minimum Gasteiger partial charge on any atom is -0.493 e. The lowest BCUT2D eigenvalue weighted by atomic mass is 10.4. The molecule has 0 amide bonds. The molecule has 0 spiro atoms. The Morgan fingerprint density at radius 2 is 2.46 bits per heavy atom. The number of carboxylic acids is 1. The van der Waals surface area contributed by atoms with Crippen molar-refractivity contribution in [2.24, 2.45) is 0 Å². The van der Waals surface area contributed by atoms with Crippen LogP contribution in [0.15, 0.2) is 11.4 Å². The second kappa shape index (κ2) is 4.81. The van der Waals surface area contributed by atoms with E-state index in [1.807, 2.05) is 0 Å². The van der Waals surface area contributed by atoms with Crippen LogP contribution in [0.3, 0.4) is 0 Å². The molecule has 1 heterocycles. The van der Waals surface area contributed by atoms with E-state index in [9.17, 15) is 9.18 Å². The molecule has 5 heteroatoms. The van der Waals surface area contributed by atoms with Crippen LogP contribution in [0, 0.1) is 0 Å². The summed E-state index contributed by atoms with van der Waals surface area (Å²) in [5, 5.41) is 10.2. The van der Waals surface area contributed by atoms with Crippen LogP contribution in [0.25, 0.3) is 0 Å². The highest BCUT2D eigenvalue weighted by atomic mass is 32.1. The number of rotatable bonds is 5. The van der Waals surface area contributed by atoms with Gasteiger partial charge in [0.15, 0.2) is 0 Å². The van der Waals surface area contributed by atoms with Gasteiger partial charge in [0.1, 0.15) is 10.6 Å². The van der Waals surface area contributed by atoms with E-state index in [-0.39, 0.29) is 11.5 Å². The van der Waals surface area contributed by atoms with Crippen molar-refractivity contribution in [1.29, 1.82) is 0 Å². The normalized spacial score (nSPS) is 9.92. The van der Waals surface area contributed by atoms with Gasteiger partial charge in [-0.2, -0.15) is 0 Å². The first-order valence-corrected chi connectivity index (χ1v) is 4.62. The average molecular weight is 204 g/mol. The van der Waals surface area contributed by atoms with Crippen LogP contribution in [0.5, 0.6) is 5.75 Å². The highest BCUT2D eigenvalue weighted by Gasteiger charge is 2.06. The summed E-state index contributed by atoms with van der Waals surface area (Å²) in [5.41, 5.74) is 0. The second-order valence-corrected chi connectivity index (χ2v) is 3.25. The molecule has 0 fully saturated rings. The number of aromatic carboxylic acids is 1. The maximum atomic E-state index is 11.7. The summed E-state index contributed by atoms with van der Waals surface area (Å²) >= 11 is 1.10. The smallest absolute Gasteiger partial charge is 0.346 e. The maximum absolute atomic E-state index is 11.7. The zero-order chi connectivity index (χ0) is 9.68. The van der Waals surface area contributed by atoms with Gasteiger partial charge in [0, 0.05) is 17.9 Å². The molecule has 0 atom stereocenters. The SMILES string of the molecule is O=C(O)c1cc(OCCCF)cs1. The quantitative estimate of drug-likeness (QED) is 0.748. The first kappa shape index (κ1) is 9.98. The van der Waals surface area contributed by atoms with Crippen LogP contribution in [-0.4, -0.2) is 24.4 Å². The second-order valence-electron chi connectivity index (χ2n) is 2.34. The predicted octanol–water partition coefficient (Wildman–Crippen LogP) is 2.18. The molecule has 0 aromatic carbocycles. The number of ether oxygens (including phenoxy) is 1. The minimum atomic E-state index is -0.967. The molecule has 0 radical (unpaired) electrons. The number of carbonyl (C=O) groups is 1. The number of alkyl halides is 1. The van der Waals surface area contributed by atoms with Crippen molar-refractivity contribution < 1.29 is 19.0 Å². The Labute approximate surface area is 78.8 Å². The van der Waals surface area contributed by atoms with E-state index in [4.69, 9.17) is 9.84 Å². The molecule has 0 bridgehead atoms. The van der Waals surface area contributed by atoms with Crippen LogP contribution in [-0.2, 0) is 0 Å². The Morgan fingerprint density at radius 1 is 1.69 bits per heavy atom. The van der Waals surface area contributed by atoms with Gasteiger partial charge in [0.2, 0.25) is 0 Å². The van der Waals surface area contributed by atoms with Crippen molar-refractivity contribution in [2.45, 2.75) is 6.42 Å². The Balaban J connectivity index is 2.44. The van der Waals surface area contributed by atoms with Crippen molar-refractivity contribution in [3.8, 4) is 5.75 Å². The molecular weight excluding hydrogens is 195 g/mol. The fourth-order valence-corrected chi connectivity index (χ4v) is 1.42. The number of halogens is 1. The third-order valence-corrected chi connectivity index (χ3v) is 2.23. The van der Waals surface area contributed by atoms with Crippen molar-refractivity contribution in [3.63, 3.8) is 0 Å². The molecule has 13 heavy (non-hydrogen) atoms. The molecule has 0 saturated carbocycles. The lowest BCUT2D eigenvalue weighted by Gasteiger charge is -1.99. The van der Waals surface area contributed by atoms with Gasteiger partial charge in [-0.15, -0.1) is 11.3 Å². The minimum absolute atomic E-state index is 0.232. The summed E-state index contributed by atoms with van der Waals surface area (Å²) in [4.78, 5) is 10.7. The van der Waals surface area contributed by atoms with Gasteiger partial charge in [-0.1, -0.05) is 0 Å². The molecule has 1 N–H and O–H groups in total. The zero-order valence-corrected chi connectivity index (χ0v) is 7.64. The number of carboxylic acid groups (broad SMARTS) is 1. The molecular formula is C8H9FO3S. The summed E-state index contributed by atoms with van der Waals surface area (Å²) in [5.74, 6) is -0.471. The third-order valence-electron chi connectivity index (χ3n) is 1.33. The first-order valence-electron chi connectivity index (χ1n) is 3.74. The third kappa shape index (κ3) is 3.02. The molecule has 1 aromatic rings. The van der Waals surface area contributed by atoms with Crippen LogP contribution in [0.4, 0.5) is 4.39 Å². The fraction of sp³-hybridized carbons (Fsp3) is 0.375. The monoisotopic (exact) mass is 204 g/mol. The van der Waals surface area contributed by atoms with Crippen LogP contribution in [0.2, 0.25) is 0 Å². The Hall–Kier alpha value is -1.10. The largest absolute Gasteiger partial charge is 0.493 e. The van der Waals surface area contributed by atoms with E-state index in [1.165, 1.54) is 6.07 Å². The summed E-state index contributed by atoms with van der Waals surface area (Å²) in [6, 6.07) is 1.44. The van der Waals surface area contributed by atoms with Crippen molar-refractivity contribution in [2.75, 3.05) is 13.3 Å². The van der Waals surface area contributed by atoms with Gasteiger partial charge in [0.05, 0.1) is 13.3 Å². The highest BCUT2D eigenvalue weighted by molar-refractivity contribution is 7.12. The predicted molar refractivity (Wildman–Crippen MR) is 47.4 cm³/mol. The average Bonchev–Trinajstić information content (AvgIpc) is 2.53. The lowest BCUT2D eigenvalue weighted by molar-refractivity contribution is 0.0702. The zero-order valence-electron chi connectivity index (χ0n) is 6.83. The summed E-state index contributed by atoms with van der Waals surface area (Å²) in [7, 11) is 0. The van der Waals surface area contributed by atoms with Gasteiger partial charge >= 0.3 is 5.97 Å². The van der Waals surface area contributed by atoms with E-state index < -0.39 is 12.6 Å². The van der Waals surface area contributed by atoms with Crippen molar-refractivity contribution in [1.82, 2.24) is 0 Å². The van der Waals surface area contributed by atoms with E-state index in [0.717, 1.165) is 11.3 Å². The van der Waals surface area contributed by atoms with Crippen LogP contribution >= 0.6 is 11.3 Å². The molecule has 1 rings (SSSR count). The maximum Gasteiger partial charge on any atom is 0.346 e. The van der Waals surface area contributed by atoms with Gasteiger partial charge in [-0.25, -0.2) is 4.79 Å². The standard InChI is InChI=1S/C8H9FO3S/c9-2-1-3-12-6-4-7(8(10)11)13-5-6/h4-5H,1-3H2,(H,10,11). The fourth-order valence-electron chi connectivity index (χ4n) is 0.751.